The van der Waals surface area contributed by atoms with Gasteiger partial charge in [-0.1, -0.05) is 0 Å². The van der Waals surface area contributed by atoms with Gasteiger partial charge in [-0.15, -0.1) is 0 Å². The Kier molecular flexibility index (Phi) is 3.04. The molecule has 2 rings (SSSR count). The Hall–Kier alpha value is -0.910. The van der Waals surface area contributed by atoms with Crippen molar-refractivity contribution >= 4 is 6.21 Å². The van der Waals surface area contributed by atoms with Crippen LogP contribution in [0.2, 0.25) is 0 Å². The smallest absolute Gasteiger partial charge is 0.134 e. The first-order valence-electron chi connectivity index (χ1n) is 5.09. The van der Waals surface area contributed by atoms with E-state index in [0.29, 0.717) is 13.1 Å². The zero-order valence-electron chi connectivity index (χ0n) is 8.71. The van der Waals surface area contributed by atoms with Gasteiger partial charge < -0.3 is 19.8 Å². The topological polar surface area (TPSA) is 65.3 Å². The zero-order valence-corrected chi connectivity index (χ0v) is 8.71. The quantitative estimate of drug-likeness (QED) is 0.659. The van der Waals surface area contributed by atoms with E-state index >= 15 is 0 Å². The number of aliphatic imine (C=N–C) groups is 1. The second-order valence-electron chi connectivity index (χ2n) is 3.96. The number of hydrogen-bond acceptors (Lipinski definition) is 5. The van der Waals surface area contributed by atoms with Crippen LogP contribution >= 0.6 is 0 Å². The van der Waals surface area contributed by atoms with Crippen LogP contribution in [0.25, 0.3) is 0 Å². The van der Waals surface area contributed by atoms with Crippen LogP contribution in [0.3, 0.4) is 0 Å². The van der Waals surface area contributed by atoms with Gasteiger partial charge in [-0.2, -0.15) is 0 Å². The molecule has 2 N–H and O–H groups in total. The zero-order chi connectivity index (χ0) is 10.8. The van der Waals surface area contributed by atoms with Crippen molar-refractivity contribution in [3.63, 3.8) is 0 Å². The summed E-state index contributed by atoms with van der Waals surface area (Å²) in [4.78, 5) is 6.11. The number of aliphatic hydroxyl groups is 2. The molecule has 84 valence electrons. The van der Waals surface area contributed by atoms with Gasteiger partial charge in [0.1, 0.15) is 19.0 Å². The molecule has 0 spiro atoms. The van der Waals surface area contributed by atoms with Gasteiger partial charge in [0.25, 0.3) is 0 Å². The van der Waals surface area contributed by atoms with Crippen LogP contribution < -0.4 is 0 Å². The minimum atomic E-state index is -0.584. The highest BCUT2D eigenvalue weighted by molar-refractivity contribution is 5.78. The number of ether oxygens (including phenoxy) is 1. The van der Waals surface area contributed by atoms with Gasteiger partial charge in [-0.05, 0) is 12.5 Å². The van der Waals surface area contributed by atoms with Gasteiger partial charge in [0, 0.05) is 18.8 Å². The molecule has 0 radical (unpaired) electrons. The van der Waals surface area contributed by atoms with E-state index in [9.17, 15) is 5.11 Å². The Bertz CT molecular complexity index is 290. The molecule has 0 aliphatic carbocycles. The maximum absolute atomic E-state index is 9.59. The van der Waals surface area contributed by atoms with Crippen LogP contribution in [0, 0.1) is 0 Å². The molecule has 1 saturated heterocycles. The Morgan fingerprint density at radius 2 is 2.47 bits per heavy atom. The molecular formula is C10H16N2O3. The molecule has 0 aromatic rings. The molecule has 2 aliphatic rings. The third kappa shape index (κ3) is 2.19. The maximum atomic E-state index is 9.59. The summed E-state index contributed by atoms with van der Waals surface area (Å²) in [5, 5.41) is 18.5. The Morgan fingerprint density at radius 3 is 3.07 bits per heavy atom. The molecule has 2 heterocycles. The van der Waals surface area contributed by atoms with E-state index in [-0.39, 0.29) is 12.8 Å². The number of aliphatic hydroxyl groups excluding tert-OH is 2. The van der Waals surface area contributed by atoms with Gasteiger partial charge in [0.05, 0.1) is 12.7 Å². The van der Waals surface area contributed by atoms with E-state index in [0.717, 1.165) is 5.57 Å². The summed E-state index contributed by atoms with van der Waals surface area (Å²) in [6.07, 6.45) is 3.07. The molecular weight excluding hydrogens is 196 g/mol. The summed E-state index contributed by atoms with van der Waals surface area (Å²) in [6, 6.07) is 0. The van der Waals surface area contributed by atoms with Gasteiger partial charge in [0.2, 0.25) is 0 Å². The summed E-state index contributed by atoms with van der Waals surface area (Å²) in [7, 11) is 0. The molecule has 15 heavy (non-hydrogen) atoms. The molecule has 0 aromatic carbocycles. The summed E-state index contributed by atoms with van der Waals surface area (Å²) in [6.45, 7) is 2.37. The molecule has 0 saturated carbocycles. The first-order valence-corrected chi connectivity index (χ1v) is 5.09. The van der Waals surface area contributed by atoms with Crippen molar-refractivity contribution in [3.8, 4) is 0 Å². The molecule has 0 unspecified atom stereocenters. The molecule has 0 aromatic heterocycles. The fourth-order valence-corrected chi connectivity index (χ4v) is 1.87. The van der Waals surface area contributed by atoms with Crippen LogP contribution in [0.4, 0.5) is 0 Å². The minimum absolute atomic E-state index is 0.141. The number of hydrogen-bond donors (Lipinski definition) is 2. The predicted molar refractivity (Wildman–Crippen MR) is 55.3 cm³/mol. The fourth-order valence-electron chi connectivity index (χ4n) is 1.87. The molecule has 1 fully saturated rings. The molecule has 0 bridgehead atoms. The van der Waals surface area contributed by atoms with E-state index < -0.39 is 12.2 Å². The fraction of sp³-hybridized carbons (Fsp3) is 0.700. The van der Waals surface area contributed by atoms with Crippen LogP contribution in [-0.4, -0.2) is 53.0 Å². The van der Waals surface area contributed by atoms with E-state index in [4.69, 9.17) is 9.84 Å². The number of rotatable bonds is 2. The van der Waals surface area contributed by atoms with Crippen molar-refractivity contribution in [2.45, 2.75) is 31.8 Å². The lowest BCUT2D eigenvalue weighted by molar-refractivity contribution is -0.0638. The van der Waals surface area contributed by atoms with E-state index in [1.165, 1.54) is 0 Å². The number of nitrogens with zero attached hydrogens (tertiary/aromatic N) is 2. The number of allylic oxidation sites excluding steroid dienone is 1. The summed E-state index contributed by atoms with van der Waals surface area (Å²) >= 11 is 0. The van der Waals surface area contributed by atoms with Crippen molar-refractivity contribution in [1.29, 1.82) is 0 Å². The van der Waals surface area contributed by atoms with Crippen molar-refractivity contribution in [2.75, 3.05) is 13.3 Å². The lowest BCUT2D eigenvalue weighted by Crippen LogP contribution is -2.33. The van der Waals surface area contributed by atoms with Gasteiger partial charge in [-0.25, -0.2) is 0 Å². The molecule has 0 amide bonds. The average molecular weight is 212 g/mol. The first kappa shape index (κ1) is 10.6. The molecule has 3 atom stereocenters. The third-order valence-corrected chi connectivity index (χ3v) is 2.66. The van der Waals surface area contributed by atoms with E-state index in [1.807, 2.05) is 24.2 Å². The van der Waals surface area contributed by atoms with Crippen LogP contribution in [0.15, 0.2) is 16.8 Å². The van der Waals surface area contributed by atoms with Crippen molar-refractivity contribution in [1.82, 2.24) is 4.90 Å². The first-order chi connectivity index (χ1) is 7.20. The van der Waals surface area contributed by atoms with Crippen molar-refractivity contribution < 1.29 is 14.9 Å². The monoisotopic (exact) mass is 212 g/mol. The Balaban J connectivity index is 1.99. The summed E-state index contributed by atoms with van der Waals surface area (Å²) in [5.74, 6) is 0. The van der Waals surface area contributed by atoms with E-state index in [1.54, 1.807) is 0 Å². The van der Waals surface area contributed by atoms with Crippen molar-refractivity contribution in [2.24, 2.45) is 4.99 Å². The largest absolute Gasteiger partial charge is 0.394 e. The normalized spacial score (nSPS) is 35.8. The Morgan fingerprint density at radius 1 is 1.67 bits per heavy atom. The second kappa shape index (κ2) is 4.30. The third-order valence-electron chi connectivity index (χ3n) is 2.66. The van der Waals surface area contributed by atoms with Crippen LogP contribution in [0.5, 0.6) is 0 Å². The van der Waals surface area contributed by atoms with Gasteiger partial charge >= 0.3 is 0 Å². The molecule has 5 heteroatoms. The minimum Gasteiger partial charge on any atom is -0.394 e. The van der Waals surface area contributed by atoms with Crippen molar-refractivity contribution in [3.05, 3.63) is 11.8 Å². The standard InChI is InChI=1S/C10H16N2O3/c1-7-3-11-6-12(4-7)10-2-8(14)9(5-13)15-10/h3-4,8-10,13-14H,2,5-6H2,1H3/t8-,9+,10+/m1/s1. The predicted octanol–water partition coefficient (Wildman–Crippen LogP) is -0.298. The highest BCUT2D eigenvalue weighted by atomic mass is 16.5. The molecule has 2 aliphatic heterocycles. The van der Waals surface area contributed by atoms with Crippen LogP contribution in [-0.2, 0) is 4.74 Å². The average Bonchev–Trinajstić information content (AvgIpc) is 2.60. The summed E-state index contributed by atoms with van der Waals surface area (Å²) in [5.41, 5.74) is 1.06. The lowest BCUT2D eigenvalue weighted by Gasteiger charge is -2.27. The van der Waals surface area contributed by atoms with E-state index in [2.05, 4.69) is 4.99 Å². The van der Waals surface area contributed by atoms with Gasteiger partial charge in [-0.3, -0.25) is 4.99 Å². The summed E-state index contributed by atoms with van der Waals surface area (Å²) < 4.78 is 5.52. The molecule has 5 nitrogen and oxygen atoms in total. The second-order valence-corrected chi connectivity index (χ2v) is 3.96. The Labute approximate surface area is 88.7 Å². The highest BCUT2D eigenvalue weighted by Crippen LogP contribution is 2.24. The van der Waals surface area contributed by atoms with Crippen LogP contribution in [0.1, 0.15) is 13.3 Å². The van der Waals surface area contributed by atoms with Gasteiger partial charge in [0.15, 0.2) is 0 Å². The SMILES string of the molecule is CC1=CN([C@@H]2C[C@@H](O)[C@H](CO)O2)CN=C1. The highest BCUT2D eigenvalue weighted by Gasteiger charge is 2.36. The maximum Gasteiger partial charge on any atom is 0.134 e. The lowest BCUT2D eigenvalue weighted by atomic mass is 10.2.